The Morgan fingerprint density at radius 2 is 2.15 bits per heavy atom. The molecule has 0 radical (unpaired) electrons. The van der Waals surface area contributed by atoms with E-state index in [0.717, 1.165) is 11.4 Å². The van der Waals surface area contributed by atoms with Gasteiger partial charge in [-0.15, -0.1) is 0 Å². The molecule has 1 heterocycles. The Morgan fingerprint density at radius 3 is 2.60 bits per heavy atom. The predicted octanol–water partition coefficient (Wildman–Crippen LogP) is 0.496. The zero-order valence-corrected chi connectivity index (χ0v) is 12.3. The lowest BCUT2D eigenvalue weighted by Gasteiger charge is -2.28. The first kappa shape index (κ1) is 16.2. The minimum absolute atomic E-state index is 0.0542. The zero-order chi connectivity index (χ0) is 15.3. The maximum atomic E-state index is 12.0. The summed E-state index contributed by atoms with van der Waals surface area (Å²) in [5, 5.41) is 15.8. The molecule has 0 aliphatic rings. The average Bonchev–Trinajstić information content (AvgIpc) is 2.55. The molecule has 1 amide bonds. The average molecular weight is 283 g/mol. The van der Waals surface area contributed by atoms with Crippen molar-refractivity contribution >= 4 is 11.9 Å². The van der Waals surface area contributed by atoms with E-state index in [-0.39, 0.29) is 25.5 Å². The van der Waals surface area contributed by atoms with Gasteiger partial charge in [0.1, 0.15) is 6.54 Å². The van der Waals surface area contributed by atoms with Gasteiger partial charge >= 0.3 is 5.97 Å². The molecule has 0 bridgehead atoms. The summed E-state index contributed by atoms with van der Waals surface area (Å²) >= 11 is 0. The van der Waals surface area contributed by atoms with Crippen molar-refractivity contribution in [1.82, 2.24) is 15.1 Å². The van der Waals surface area contributed by atoms with Crippen molar-refractivity contribution < 1.29 is 19.4 Å². The number of aromatic nitrogens is 2. The number of hydrogen-bond donors (Lipinski definition) is 2. The van der Waals surface area contributed by atoms with Gasteiger partial charge in [0.05, 0.1) is 24.3 Å². The number of amides is 1. The van der Waals surface area contributed by atoms with Crippen LogP contribution in [0.5, 0.6) is 0 Å². The summed E-state index contributed by atoms with van der Waals surface area (Å²) in [5.41, 5.74) is 0.776. The Bertz CT molecular complexity index is 498. The summed E-state index contributed by atoms with van der Waals surface area (Å²) in [6.07, 6.45) is -0.205. The number of methoxy groups -OCH3 is 1. The van der Waals surface area contributed by atoms with Crippen molar-refractivity contribution in [2.45, 2.75) is 39.3 Å². The summed E-state index contributed by atoms with van der Waals surface area (Å²) in [4.78, 5) is 22.9. The summed E-state index contributed by atoms with van der Waals surface area (Å²) in [5.74, 6) is -1.28. The van der Waals surface area contributed by atoms with Crippen molar-refractivity contribution in [2.24, 2.45) is 0 Å². The van der Waals surface area contributed by atoms with Gasteiger partial charge in [-0.25, -0.2) is 0 Å². The lowest BCUT2D eigenvalue weighted by molar-refractivity contribution is -0.139. The number of hydrogen-bond acceptors (Lipinski definition) is 4. The molecule has 0 aromatic carbocycles. The Hall–Kier alpha value is -1.89. The Kier molecular flexibility index (Phi) is 5.26. The van der Waals surface area contributed by atoms with Crippen LogP contribution >= 0.6 is 0 Å². The fourth-order valence-electron chi connectivity index (χ4n) is 2.13. The minimum Gasteiger partial charge on any atom is -0.481 e. The van der Waals surface area contributed by atoms with Crippen LogP contribution < -0.4 is 5.32 Å². The minimum atomic E-state index is -0.990. The number of ether oxygens (including phenoxy) is 1. The maximum Gasteiger partial charge on any atom is 0.305 e. The van der Waals surface area contributed by atoms with Crippen LogP contribution in [0.3, 0.4) is 0 Å². The molecule has 112 valence electrons. The fourth-order valence-corrected chi connectivity index (χ4v) is 2.13. The first-order valence-electron chi connectivity index (χ1n) is 6.28. The molecule has 20 heavy (non-hydrogen) atoms. The molecule has 1 atom stereocenters. The normalized spacial score (nSPS) is 13.8. The predicted molar refractivity (Wildman–Crippen MR) is 72.4 cm³/mol. The number of rotatable bonds is 7. The van der Waals surface area contributed by atoms with E-state index in [1.54, 1.807) is 11.6 Å². The van der Waals surface area contributed by atoms with Gasteiger partial charge in [0, 0.05) is 12.8 Å². The highest BCUT2D eigenvalue weighted by molar-refractivity contribution is 5.78. The molecule has 0 spiro atoms. The van der Waals surface area contributed by atoms with Gasteiger partial charge in [-0.1, -0.05) is 0 Å². The van der Waals surface area contributed by atoms with Crippen LogP contribution in [0.15, 0.2) is 6.07 Å². The second-order valence-corrected chi connectivity index (χ2v) is 5.20. The number of nitrogens with zero attached hydrogens (tertiary/aromatic N) is 2. The topological polar surface area (TPSA) is 93.5 Å². The van der Waals surface area contributed by atoms with Gasteiger partial charge in [0.15, 0.2) is 0 Å². The molecule has 7 heteroatoms. The molecule has 0 fully saturated rings. The fraction of sp³-hybridized carbons (Fsp3) is 0.615. The quantitative estimate of drug-likeness (QED) is 0.760. The van der Waals surface area contributed by atoms with Crippen molar-refractivity contribution in [3.63, 3.8) is 0 Å². The molecular formula is C13H21N3O4. The summed E-state index contributed by atoms with van der Waals surface area (Å²) in [6, 6.07) is 1.87. The van der Waals surface area contributed by atoms with Crippen molar-refractivity contribution in [2.75, 3.05) is 13.7 Å². The van der Waals surface area contributed by atoms with Gasteiger partial charge in [-0.3, -0.25) is 14.3 Å². The van der Waals surface area contributed by atoms with Crippen molar-refractivity contribution in [3.05, 3.63) is 17.5 Å². The van der Waals surface area contributed by atoms with E-state index in [0.29, 0.717) is 0 Å². The molecule has 1 aromatic rings. The number of nitrogens with one attached hydrogen (secondary N) is 1. The van der Waals surface area contributed by atoms with Crippen LogP contribution in [-0.4, -0.2) is 46.0 Å². The lowest BCUT2D eigenvalue weighted by atomic mass is 9.99. The van der Waals surface area contributed by atoms with Gasteiger partial charge < -0.3 is 15.2 Å². The van der Waals surface area contributed by atoms with Crippen LogP contribution in [0.1, 0.15) is 24.7 Å². The monoisotopic (exact) mass is 283 g/mol. The van der Waals surface area contributed by atoms with Crippen LogP contribution in [0.4, 0.5) is 0 Å². The second-order valence-electron chi connectivity index (χ2n) is 5.20. The molecule has 7 nitrogen and oxygen atoms in total. The van der Waals surface area contributed by atoms with E-state index in [4.69, 9.17) is 9.84 Å². The largest absolute Gasteiger partial charge is 0.481 e. The highest BCUT2D eigenvalue weighted by atomic mass is 16.5. The molecule has 2 N–H and O–H groups in total. The van der Waals surface area contributed by atoms with Gasteiger partial charge in [-0.2, -0.15) is 5.10 Å². The lowest BCUT2D eigenvalue weighted by Crippen LogP contribution is -2.51. The SMILES string of the molecule is COCC(C)(CC(=O)O)NC(=O)Cn1nc(C)cc1C. The summed E-state index contributed by atoms with van der Waals surface area (Å²) < 4.78 is 6.57. The van der Waals surface area contributed by atoms with E-state index >= 15 is 0 Å². The highest BCUT2D eigenvalue weighted by Gasteiger charge is 2.29. The van der Waals surface area contributed by atoms with Gasteiger partial charge in [0.25, 0.3) is 0 Å². The number of aliphatic carboxylic acids is 1. The molecule has 1 aromatic heterocycles. The first-order valence-corrected chi connectivity index (χ1v) is 6.28. The van der Waals surface area contributed by atoms with Crippen LogP contribution in [-0.2, 0) is 20.9 Å². The maximum absolute atomic E-state index is 12.0. The van der Waals surface area contributed by atoms with E-state index < -0.39 is 11.5 Å². The molecule has 1 unspecified atom stereocenters. The molecular weight excluding hydrogens is 262 g/mol. The highest BCUT2D eigenvalue weighted by Crippen LogP contribution is 2.11. The third-order valence-electron chi connectivity index (χ3n) is 2.84. The number of carbonyl (C=O) groups is 2. The Balaban J connectivity index is 2.71. The van der Waals surface area contributed by atoms with Crippen LogP contribution in [0.2, 0.25) is 0 Å². The smallest absolute Gasteiger partial charge is 0.305 e. The van der Waals surface area contributed by atoms with Gasteiger partial charge in [-0.05, 0) is 26.8 Å². The number of aryl methyl sites for hydroxylation is 2. The van der Waals surface area contributed by atoms with E-state index in [9.17, 15) is 9.59 Å². The third-order valence-corrected chi connectivity index (χ3v) is 2.84. The second kappa shape index (κ2) is 6.51. The summed E-state index contributed by atoms with van der Waals surface area (Å²) in [6.45, 7) is 5.53. The standard InChI is InChI=1S/C13H21N3O4/c1-9-5-10(2)16(15-9)7-11(17)14-13(3,8-20-4)6-12(18)19/h5H,6-8H2,1-4H3,(H,14,17)(H,18,19). The van der Waals surface area contributed by atoms with E-state index in [2.05, 4.69) is 10.4 Å². The van der Waals surface area contributed by atoms with E-state index in [1.807, 2.05) is 19.9 Å². The molecule has 0 aliphatic carbocycles. The van der Waals surface area contributed by atoms with Crippen LogP contribution in [0.25, 0.3) is 0 Å². The van der Waals surface area contributed by atoms with Gasteiger partial charge in [0.2, 0.25) is 5.91 Å². The molecule has 0 saturated heterocycles. The Morgan fingerprint density at radius 1 is 1.50 bits per heavy atom. The molecule has 0 saturated carbocycles. The van der Waals surface area contributed by atoms with E-state index in [1.165, 1.54) is 7.11 Å². The summed E-state index contributed by atoms with van der Waals surface area (Å²) in [7, 11) is 1.47. The third kappa shape index (κ3) is 4.65. The number of carbonyl (C=O) groups excluding carboxylic acids is 1. The molecule has 1 rings (SSSR count). The number of carboxylic acid groups (broad SMARTS) is 1. The molecule has 0 aliphatic heterocycles. The number of carboxylic acids is 1. The Labute approximate surface area is 117 Å². The van der Waals surface area contributed by atoms with Crippen molar-refractivity contribution in [3.8, 4) is 0 Å². The zero-order valence-electron chi connectivity index (χ0n) is 12.3. The van der Waals surface area contributed by atoms with Crippen molar-refractivity contribution in [1.29, 1.82) is 0 Å². The van der Waals surface area contributed by atoms with Crippen LogP contribution in [0, 0.1) is 13.8 Å². The first-order chi connectivity index (χ1) is 9.25.